The molecule has 0 aromatic rings. The summed E-state index contributed by atoms with van der Waals surface area (Å²) in [5.41, 5.74) is -2.32. The number of ketones is 1. The molecule has 0 bridgehead atoms. The molecular weight excluding hydrogens is 307 g/mol. The highest BCUT2D eigenvalue weighted by molar-refractivity contribution is 6.01. The molecule has 2 N–H and O–H groups in total. The van der Waals surface area contributed by atoms with Crippen LogP contribution in [0.25, 0.3) is 0 Å². The van der Waals surface area contributed by atoms with Crippen LogP contribution in [0, 0.1) is 28.6 Å². The van der Waals surface area contributed by atoms with E-state index in [1.807, 2.05) is 20.8 Å². The van der Waals surface area contributed by atoms with E-state index in [0.29, 0.717) is 12.8 Å². The molecule has 0 radical (unpaired) electrons. The van der Waals surface area contributed by atoms with Crippen molar-refractivity contribution in [3.8, 4) is 0 Å². The number of rotatable bonds is 0. The van der Waals surface area contributed by atoms with Crippen LogP contribution in [0.2, 0.25) is 0 Å². The topological polar surface area (TPSA) is 57.5 Å². The highest BCUT2D eigenvalue weighted by Crippen LogP contribution is 2.68. The third kappa shape index (κ3) is 1.71. The van der Waals surface area contributed by atoms with Gasteiger partial charge in [0.1, 0.15) is 0 Å². The average Bonchev–Trinajstić information content (AvgIpc) is 2.74. The summed E-state index contributed by atoms with van der Waals surface area (Å²) in [6.07, 6.45) is 5.47. The molecule has 3 nitrogen and oxygen atoms in total. The molecule has 0 aromatic heterocycles. The first-order valence-electron chi connectivity index (χ1n) is 9.14. The lowest BCUT2D eigenvalue weighted by atomic mass is 9.46. The maximum absolute atomic E-state index is 16.6. The Balaban J connectivity index is 1.83. The highest BCUT2D eigenvalue weighted by Gasteiger charge is 2.70. The second-order valence-electron chi connectivity index (χ2n) is 9.01. The van der Waals surface area contributed by atoms with E-state index >= 15 is 4.39 Å². The van der Waals surface area contributed by atoms with E-state index in [1.54, 1.807) is 12.2 Å². The molecule has 0 amide bonds. The average molecular weight is 334 g/mol. The Morgan fingerprint density at radius 2 is 1.96 bits per heavy atom. The third-order valence-electron chi connectivity index (χ3n) is 7.92. The Morgan fingerprint density at radius 3 is 2.67 bits per heavy atom. The Kier molecular flexibility index (Phi) is 3.29. The van der Waals surface area contributed by atoms with Crippen LogP contribution in [0.15, 0.2) is 23.8 Å². The maximum Gasteiger partial charge on any atom is 0.178 e. The van der Waals surface area contributed by atoms with Crippen molar-refractivity contribution in [3.63, 3.8) is 0 Å². The molecule has 132 valence electrons. The quantitative estimate of drug-likeness (QED) is 0.716. The number of carbonyl (C=O) groups excluding carboxylic acids is 1. The first-order valence-corrected chi connectivity index (χ1v) is 9.14. The molecule has 0 saturated heterocycles. The zero-order valence-corrected chi connectivity index (χ0v) is 14.6. The van der Waals surface area contributed by atoms with Crippen LogP contribution in [0.3, 0.4) is 0 Å². The van der Waals surface area contributed by atoms with E-state index in [1.165, 1.54) is 6.08 Å². The molecule has 0 heterocycles. The van der Waals surface area contributed by atoms with E-state index in [2.05, 4.69) is 0 Å². The summed E-state index contributed by atoms with van der Waals surface area (Å²) in [5, 5.41) is 21.6. The van der Waals surface area contributed by atoms with Crippen LogP contribution in [0.1, 0.15) is 46.5 Å². The van der Waals surface area contributed by atoms with Gasteiger partial charge in [0.05, 0.1) is 12.2 Å². The van der Waals surface area contributed by atoms with Gasteiger partial charge >= 0.3 is 0 Å². The van der Waals surface area contributed by atoms with Gasteiger partial charge in [-0.1, -0.05) is 25.5 Å². The molecule has 24 heavy (non-hydrogen) atoms. The van der Waals surface area contributed by atoms with Crippen molar-refractivity contribution in [1.29, 1.82) is 0 Å². The molecule has 0 aromatic carbocycles. The molecule has 4 rings (SSSR count). The predicted molar refractivity (Wildman–Crippen MR) is 88.9 cm³/mol. The van der Waals surface area contributed by atoms with Crippen LogP contribution in [0.5, 0.6) is 0 Å². The standard InChI is InChI=1S/C20H27FO3/c1-11-8-15-14-5-4-12-9-13(22)6-7-19(12,3)20(14,21)16(23)10-18(15,2)17(11)24/h6-7,9,11,14-17,23-24H,4-5,8,10H2,1-3H3/t11-,14+,15+,16+,17?,18+,19+,20+/m1/s1. The molecule has 1 unspecified atom stereocenters. The van der Waals surface area contributed by atoms with Crippen LogP contribution < -0.4 is 0 Å². The van der Waals surface area contributed by atoms with Gasteiger partial charge in [0.2, 0.25) is 0 Å². The summed E-state index contributed by atoms with van der Waals surface area (Å²) in [4.78, 5) is 11.7. The fourth-order valence-electron chi connectivity index (χ4n) is 6.55. The minimum absolute atomic E-state index is 0.0697. The number of carbonyl (C=O) groups is 1. The van der Waals surface area contributed by atoms with E-state index in [4.69, 9.17) is 0 Å². The van der Waals surface area contributed by atoms with E-state index < -0.39 is 28.7 Å². The minimum Gasteiger partial charge on any atom is -0.392 e. The number of fused-ring (bicyclic) bond motifs is 5. The summed E-state index contributed by atoms with van der Waals surface area (Å²) in [6, 6.07) is 0. The van der Waals surface area contributed by atoms with Crippen molar-refractivity contribution >= 4 is 5.78 Å². The lowest BCUT2D eigenvalue weighted by molar-refractivity contribution is -0.201. The Labute approximate surface area is 142 Å². The van der Waals surface area contributed by atoms with Gasteiger partial charge in [-0.2, -0.15) is 0 Å². The normalized spacial score (nSPS) is 56.3. The zero-order valence-electron chi connectivity index (χ0n) is 14.6. The molecule has 8 atom stereocenters. The number of halogens is 1. The second kappa shape index (κ2) is 4.79. The summed E-state index contributed by atoms with van der Waals surface area (Å²) in [6.45, 7) is 5.87. The van der Waals surface area contributed by atoms with Gasteiger partial charge in [-0.05, 0) is 62.0 Å². The van der Waals surface area contributed by atoms with Crippen molar-refractivity contribution in [2.75, 3.05) is 0 Å². The molecule has 4 aliphatic rings. The maximum atomic E-state index is 16.6. The predicted octanol–water partition coefficient (Wildman–Crippen LogP) is 2.96. The number of aliphatic hydroxyl groups is 2. The van der Waals surface area contributed by atoms with Gasteiger partial charge < -0.3 is 10.2 Å². The number of alkyl halides is 1. The molecule has 0 aliphatic heterocycles. The first kappa shape index (κ1) is 16.5. The van der Waals surface area contributed by atoms with Crippen molar-refractivity contribution in [2.24, 2.45) is 28.6 Å². The molecule has 4 aliphatic carbocycles. The Hall–Kier alpha value is -1.00. The SMILES string of the molecule is C[C@@H]1C[C@H]2[C@@H]3CCC4=CC(=O)C=C[C@]4(C)[C@@]3(F)[C@@H](O)C[C@]2(C)C1O. The van der Waals surface area contributed by atoms with Gasteiger partial charge in [-0.15, -0.1) is 0 Å². The lowest BCUT2D eigenvalue weighted by Gasteiger charge is -2.61. The third-order valence-corrected chi connectivity index (χ3v) is 7.92. The van der Waals surface area contributed by atoms with Crippen LogP contribution in [-0.2, 0) is 4.79 Å². The molecule has 4 heteroatoms. The second-order valence-corrected chi connectivity index (χ2v) is 9.01. The van der Waals surface area contributed by atoms with Crippen LogP contribution in [-0.4, -0.2) is 33.9 Å². The van der Waals surface area contributed by atoms with Gasteiger partial charge in [-0.25, -0.2) is 4.39 Å². The Bertz CT molecular complexity index is 655. The summed E-state index contributed by atoms with van der Waals surface area (Å²) >= 11 is 0. The number of hydrogen-bond donors (Lipinski definition) is 2. The molecular formula is C20H27FO3. The molecule has 0 spiro atoms. The van der Waals surface area contributed by atoms with Crippen LogP contribution in [0.4, 0.5) is 4.39 Å². The molecule has 3 fully saturated rings. The summed E-state index contributed by atoms with van der Waals surface area (Å²) in [5.74, 6) is -0.182. The largest absolute Gasteiger partial charge is 0.392 e. The van der Waals surface area contributed by atoms with Gasteiger partial charge in [0.15, 0.2) is 11.5 Å². The van der Waals surface area contributed by atoms with E-state index in [-0.39, 0.29) is 30.0 Å². The zero-order chi connectivity index (χ0) is 17.5. The van der Waals surface area contributed by atoms with Crippen molar-refractivity contribution < 1.29 is 19.4 Å². The summed E-state index contributed by atoms with van der Waals surface area (Å²) in [7, 11) is 0. The van der Waals surface area contributed by atoms with Gasteiger partial charge in [-0.3, -0.25) is 4.79 Å². The highest BCUT2D eigenvalue weighted by atomic mass is 19.1. The minimum atomic E-state index is -1.78. The number of aliphatic hydroxyl groups excluding tert-OH is 2. The molecule has 3 saturated carbocycles. The van der Waals surface area contributed by atoms with Gasteiger partial charge in [0.25, 0.3) is 0 Å². The fraction of sp³-hybridized carbons (Fsp3) is 0.750. The first-order chi connectivity index (χ1) is 11.1. The van der Waals surface area contributed by atoms with Crippen molar-refractivity contribution in [1.82, 2.24) is 0 Å². The number of allylic oxidation sites excluding steroid dienone is 4. The number of hydrogen-bond acceptors (Lipinski definition) is 3. The van der Waals surface area contributed by atoms with Gasteiger partial charge in [0, 0.05) is 11.3 Å². The smallest absolute Gasteiger partial charge is 0.178 e. The van der Waals surface area contributed by atoms with Crippen molar-refractivity contribution in [2.45, 2.75) is 64.3 Å². The summed E-state index contributed by atoms with van der Waals surface area (Å²) < 4.78 is 16.6. The fourth-order valence-corrected chi connectivity index (χ4v) is 6.55. The monoisotopic (exact) mass is 334 g/mol. The lowest BCUT2D eigenvalue weighted by Crippen LogP contribution is -2.66. The van der Waals surface area contributed by atoms with E-state index in [9.17, 15) is 15.0 Å². The van der Waals surface area contributed by atoms with E-state index in [0.717, 1.165) is 12.0 Å². The van der Waals surface area contributed by atoms with Crippen molar-refractivity contribution in [3.05, 3.63) is 23.8 Å². The Morgan fingerprint density at radius 1 is 1.25 bits per heavy atom. The van der Waals surface area contributed by atoms with Crippen LogP contribution >= 0.6 is 0 Å².